The fourth-order valence-electron chi connectivity index (χ4n) is 2.61. The van der Waals surface area contributed by atoms with Crippen LogP contribution in [0.3, 0.4) is 0 Å². The average Bonchev–Trinajstić information content (AvgIpc) is 2.55. The molecule has 3 rings (SSSR count). The molecule has 122 valence electrons. The van der Waals surface area contributed by atoms with Crippen LogP contribution in [0.1, 0.15) is 11.1 Å². The SMILES string of the molecule is O=C(Cc1cccc(F)c1)NCCc1cc2ccccc2[nH]c1=O. The van der Waals surface area contributed by atoms with Gasteiger partial charge in [0.25, 0.3) is 5.56 Å². The van der Waals surface area contributed by atoms with E-state index in [0.717, 1.165) is 10.9 Å². The Hall–Kier alpha value is -2.95. The van der Waals surface area contributed by atoms with Crippen molar-refractivity contribution in [3.8, 4) is 0 Å². The highest BCUT2D eigenvalue weighted by Crippen LogP contribution is 2.10. The smallest absolute Gasteiger partial charge is 0.251 e. The number of H-pyrrole nitrogens is 1. The first kappa shape index (κ1) is 15.9. The van der Waals surface area contributed by atoms with Gasteiger partial charge in [0.15, 0.2) is 0 Å². The molecule has 1 heterocycles. The van der Waals surface area contributed by atoms with Crippen LogP contribution in [0.15, 0.2) is 59.4 Å². The van der Waals surface area contributed by atoms with Crippen LogP contribution in [-0.2, 0) is 17.6 Å². The lowest BCUT2D eigenvalue weighted by molar-refractivity contribution is -0.120. The summed E-state index contributed by atoms with van der Waals surface area (Å²) in [6, 6.07) is 15.4. The van der Waals surface area contributed by atoms with Crippen LogP contribution in [-0.4, -0.2) is 17.4 Å². The van der Waals surface area contributed by atoms with E-state index in [1.54, 1.807) is 12.1 Å². The highest BCUT2D eigenvalue weighted by molar-refractivity contribution is 5.79. The second-order valence-corrected chi connectivity index (χ2v) is 5.62. The van der Waals surface area contributed by atoms with Gasteiger partial charge in [-0.2, -0.15) is 0 Å². The monoisotopic (exact) mass is 324 g/mol. The summed E-state index contributed by atoms with van der Waals surface area (Å²) in [5, 5.41) is 3.72. The maximum Gasteiger partial charge on any atom is 0.251 e. The molecule has 0 bridgehead atoms. The molecule has 0 unspecified atom stereocenters. The molecule has 2 N–H and O–H groups in total. The minimum Gasteiger partial charge on any atom is -0.355 e. The van der Waals surface area contributed by atoms with Crippen molar-refractivity contribution in [2.75, 3.05) is 6.54 Å². The predicted octanol–water partition coefficient (Wildman–Crippen LogP) is 2.57. The molecule has 3 aromatic rings. The standard InChI is InChI=1S/C19H17FN2O2/c20-16-6-3-4-13(10-16)11-18(23)21-9-8-15-12-14-5-1-2-7-17(14)22-19(15)24/h1-7,10,12H,8-9,11H2,(H,21,23)(H,22,24). The van der Waals surface area contributed by atoms with Gasteiger partial charge < -0.3 is 10.3 Å². The van der Waals surface area contributed by atoms with E-state index in [1.807, 2.05) is 30.3 Å². The molecule has 24 heavy (non-hydrogen) atoms. The molecule has 1 amide bonds. The Labute approximate surface area is 138 Å². The van der Waals surface area contributed by atoms with Gasteiger partial charge in [0, 0.05) is 17.6 Å². The van der Waals surface area contributed by atoms with Gasteiger partial charge in [-0.1, -0.05) is 30.3 Å². The fraction of sp³-hybridized carbons (Fsp3) is 0.158. The summed E-state index contributed by atoms with van der Waals surface area (Å²) in [5.74, 6) is -0.555. The minimum atomic E-state index is -0.358. The summed E-state index contributed by atoms with van der Waals surface area (Å²) in [4.78, 5) is 26.8. The summed E-state index contributed by atoms with van der Waals surface area (Å²) in [6.45, 7) is 0.357. The number of rotatable bonds is 5. The van der Waals surface area contributed by atoms with Crippen LogP contribution in [0.4, 0.5) is 4.39 Å². The molecule has 0 fully saturated rings. The second kappa shape index (κ2) is 7.08. The van der Waals surface area contributed by atoms with Crippen LogP contribution in [0.25, 0.3) is 10.9 Å². The number of hydrogen-bond donors (Lipinski definition) is 2. The Morgan fingerprint density at radius 3 is 2.75 bits per heavy atom. The summed E-state index contributed by atoms with van der Waals surface area (Å²) >= 11 is 0. The first-order valence-electron chi connectivity index (χ1n) is 7.74. The number of para-hydroxylation sites is 1. The highest BCUT2D eigenvalue weighted by Gasteiger charge is 2.06. The Balaban J connectivity index is 1.59. The zero-order valence-corrected chi connectivity index (χ0v) is 13.0. The van der Waals surface area contributed by atoms with Gasteiger partial charge in [-0.15, -0.1) is 0 Å². The Bertz CT molecular complexity index is 934. The van der Waals surface area contributed by atoms with Crippen molar-refractivity contribution >= 4 is 16.8 Å². The van der Waals surface area contributed by atoms with E-state index in [0.29, 0.717) is 24.1 Å². The topological polar surface area (TPSA) is 62.0 Å². The van der Waals surface area contributed by atoms with Crippen LogP contribution < -0.4 is 10.9 Å². The van der Waals surface area contributed by atoms with E-state index in [-0.39, 0.29) is 23.7 Å². The van der Waals surface area contributed by atoms with E-state index in [4.69, 9.17) is 0 Å². The lowest BCUT2D eigenvalue weighted by Crippen LogP contribution is -2.28. The van der Waals surface area contributed by atoms with Gasteiger partial charge in [0.05, 0.1) is 6.42 Å². The molecule has 0 atom stereocenters. The number of benzene rings is 2. The molecule has 1 aromatic heterocycles. The lowest BCUT2D eigenvalue weighted by Gasteiger charge is -2.06. The number of fused-ring (bicyclic) bond motifs is 1. The van der Waals surface area contributed by atoms with Gasteiger partial charge in [0.2, 0.25) is 5.91 Å². The summed E-state index contributed by atoms with van der Waals surface area (Å²) in [6.07, 6.45) is 0.556. The molecule has 0 aliphatic carbocycles. The molecule has 4 nitrogen and oxygen atoms in total. The fourth-order valence-corrected chi connectivity index (χ4v) is 2.61. The molecule has 0 aliphatic heterocycles. The zero-order chi connectivity index (χ0) is 16.9. The van der Waals surface area contributed by atoms with E-state index >= 15 is 0 Å². The normalized spacial score (nSPS) is 10.7. The highest BCUT2D eigenvalue weighted by atomic mass is 19.1. The maximum absolute atomic E-state index is 13.1. The van der Waals surface area contributed by atoms with E-state index in [2.05, 4.69) is 10.3 Å². The van der Waals surface area contributed by atoms with Crippen molar-refractivity contribution in [2.24, 2.45) is 0 Å². The van der Waals surface area contributed by atoms with Gasteiger partial charge in [-0.05, 0) is 41.6 Å². The zero-order valence-electron chi connectivity index (χ0n) is 13.0. The van der Waals surface area contributed by atoms with Gasteiger partial charge in [-0.25, -0.2) is 4.39 Å². The quantitative estimate of drug-likeness (QED) is 0.758. The van der Waals surface area contributed by atoms with Crippen LogP contribution in [0.2, 0.25) is 0 Å². The Kier molecular flexibility index (Phi) is 4.70. The molecule has 0 aliphatic rings. The van der Waals surface area contributed by atoms with E-state index < -0.39 is 0 Å². The van der Waals surface area contributed by atoms with E-state index in [9.17, 15) is 14.0 Å². The van der Waals surface area contributed by atoms with Crippen molar-refractivity contribution in [2.45, 2.75) is 12.8 Å². The maximum atomic E-state index is 13.1. The Morgan fingerprint density at radius 1 is 1.08 bits per heavy atom. The number of carbonyl (C=O) groups excluding carboxylic acids is 1. The third kappa shape index (κ3) is 3.87. The molecular formula is C19H17FN2O2. The number of carbonyl (C=O) groups is 1. The van der Waals surface area contributed by atoms with Gasteiger partial charge in [-0.3, -0.25) is 9.59 Å². The second-order valence-electron chi connectivity index (χ2n) is 5.62. The van der Waals surface area contributed by atoms with Crippen LogP contribution in [0, 0.1) is 5.82 Å². The molecule has 0 saturated heterocycles. The molecule has 0 radical (unpaired) electrons. The molecule has 0 spiro atoms. The van der Waals surface area contributed by atoms with E-state index in [1.165, 1.54) is 12.1 Å². The average molecular weight is 324 g/mol. The third-order valence-corrected chi connectivity index (χ3v) is 3.80. The Morgan fingerprint density at radius 2 is 1.92 bits per heavy atom. The molecule has 5 heteroatoms. The van der Waals surface area contributed by atoms with Crippen molar-refractivity contribution in [3.05, 3.63) is 81.9 Å². The first-order valence-corrected chi connectivity index (χ1v) is 7.74. The number of amides is 1. The van der Waals surface area contributed by atoms with Crippen molar-refractivity contribution in [3.63, 3.8) is 0 Å². The number of aromatic amines is 1. The van der Waals surface area contributed by atoms with Crippen LogP contribution >= 0.6 is 0 Å². The number of halogens is 1. The molecular weight excluding hydrogens is 307 g/mol. The van der Waals surface area contributed by atoms with Gasteiger partial charge >= 0.3 is 0 Å². The van der Waals surface area contributed by atoms with Crippen molar-refractivity contribution in [1.82, 2.24) is 10.3 Å². The van der Waals surface area contributed by atoms with Crippen LogP contribution in [0.5, 0.6) is 0 Å². The first-order chi connectivity index (χ1) is 11.6. The lowest BCUT2D eigenvalue weighted by atomic mass is 10.1. The number of nitrogens with one attached hydrogen (secondary N) is 2. The molecule has 0 saturated carbocycles. The number of hydrogen-bond acceptors (Lipinski definition) is 2. The van der Waals surface area contributed by atoms with Crippen molar-refractivity contribution < 1.29 is 9.18 Å². The summed E-state index contributed by atoms with van der Waals surface area (Å²) in [5.41, 5.74) is 1.89. The van der Waals surface area contributed by atoms with Crippen molar-refractivity contribution in [1.29, 1.82) is 0 Å². The van der Waals surface area contributed by atoms with Gasteiger partial charge in [0.1, 0.15) is 5.82 Å². The molecule has 2 aromatic carbocycles. The number of aromatic nitrogens is 1. The number of pyridine rings is 1. The summed E-state index contributed by atoms with van der Waals surface area (Å²) < 4.78 is 13.1. The largest absolute Gasteiger partial charge is 0.355 e. The summed E-state index contributed by atoms with van der Waals surface area (Å²) in [7, 11) is 0. The predicted molar refractivity (Wildman–Crippen MR) is 91.4 cm³/mol. The third-order valence-electron chi connectivity index (χ3n) is 3.80. The minimum absolute atomic E-state index is 0.117.